The number of hydrogen-bond donors (Lipinski definition) is 1. The molecule has 0 aliphatic carbocycles. The molecule has 0 aromatic heterocycles. The molecule has 0 bridgehead atoms. The molecule has 1 aliphatic heterocycles. The van der Waals surface area contributed by atoms with Crippen molar-refractivity contribution in [3.8, 4) is 0 Å². The third-order valence-corrected chi connectivity index (χ3v) is 2.97. The number of aliphatic carboxylic acids is 1. The second-order valence-electron chi connectivity index (χ2n) is 4.47. The highest BCUT2D eigenvalue weighted by Crippen LogP contribution is 2.30. The second kappa shape index (κ2) is 4.25. The number of rotatable bonds is 2. The Balaban J connectivity index is 2.64. The summed E-state index contributed by atoms with van der Waals surface area (Å²) in [7, 11) is 0. The Morgan fingerprint density at radius 2 is 1.89 bits per heavy atom. The van der Waals surface area contributed by atoms with Gasteiger partial charge < -0.3 is 5.11 Å². The molecule has 0 radical (unpaired) electrons. The van der Waals surface area contributed by atoms with E-state index in [0.29, 0.717) is 5.56 Å². The maximum Gasteiger partial charge on any atom is 0.320 e. The van der Waals surface area contributed by atoms with E-state index in [1.807, 2.05) is 0 Å². The van der Waals surface area contributed by atoms with E-state index in [0.717, 1.165) is 4.90 Å². The number of hydrogen-bond acceptors (Lipinski definition) is 3. The molecule has 0 fully saturated rings. The molecule has 1 aromatic carbocycles. The van der Waals surface area contributed by atoms with E-state index in [9.17, 15) is 19.5 Å². The first kappa shape index (κ1) is 12.3. The van der Waals surface area contributed by atoms with Gasteiger partial charge in [0.15, 0.2) is 5.92 Å². The van der Waals surface area contributed by atoms with E-state index < -0.39 is 23.7 Å². The smallest absolute Gasteiger partial charge is 0.320 e. The van der Waals surface area contributed by atoms with Crippen molar-refractivity contribution in [2.24, 2.45) is 0 Å². The van der Waals surface area contributed by atoms with E-state index in [1.165, 1.54) is 6.07 Å². The third-order valence-electron chi connectivity index (χ3n) is 2.97. The summed E-state index contributed by atoms with van der Waals surface area (Å²) in [5.41, 5.74) is 0.565. The number of fused-ring (bicyclic) bond motifs is 1. The van der Waals surface area contributed by atoms with Gasteiger partial charge in [-0.1, -0.05) is 18.2 Å². The molecule has 5 nitrogen and oxygen atoms in total. The molecule has 1 aliphatic rings. The first-order valence-electron chi connectivity index (χ1n) is 5.64. The van der Waals surface area contributed by atoms with Gasteiger partial charge in [0, 0.05) is 11.6 Å². The molecule has 1 unspecified atom stereocenters. The lowest BCUT2D eigenvalue weighted by Crippen LogP contribution is -2.50. The molecule has 0 saturated heterocycles. The number of carboxylic acid groups (broad SMARTS) is 1. The lowest BCUT2D eigenvalue weighted by atomic mass is 9.88. The molecule has 1 heterocycles. The maximum atomic E-state index is 12.1. The van der Waals surface area contributed by atoms with Crippen LogP contribution in [0.3, 0.4) is 0 Å². The molecule has 18 heavy (non-hydrogen) atoms. The van der Waals surface area contributed by atoms with Crippen LogP contribution in [0.25, 0.3) is 0 Å². The number of benzene rings is 1. The number of carboxylic acids is 1. The largest absolute Gasteiger partial charge is 0.480 e. The Kier molecular flexibility index (Phi) is 2.90. The van der Waals surface area contributed by atoms with Crippen molar-refractivity contribution in [3.05, 3.63) is 35.4 Å². The quantitative estimate of drug-likeness (QED) is 0.630. The molecule has 5 heteroatoms. The summed E-state index contributed by atoms with van der Waals surface area (Å²) in [5, 5.41) is 9.18. The van der Waals surface area contributed by atoms with Crippen molar-refractivity contribution >= 4 is 17.8 Å². The van der Waals surface area contributed by atoms with Crippen molar-refractivity contribution < 1.29 is 19.5 Å². The predicted molar refractivity (Wildman–Crippen MR) is 63.1 cm³/mol. The first-order valence-corrected chi connectivity index (χ1v) is 5.64. The molecule has 2 amide bonds. The van der Waals surface area contributed by atoms with Gasteiger partial charge in [0.25, 0.3) is 5.91 Å². The van der Waals surface area contributed by atoms with Crippen LogP contribution in [0.4, 0.5) is 0 Å². The van der Waals surface area contributed by atoms with Gasteiger partial charge in [0.05, 0.1) is 0 Å². The van der Waals surface area contributed by atoms with Gasteiger partial charge in [0.2, 0.25) is 5.91 Å². The SMILES string of the molecule is CC(C)N1C(=O)c2ccccc2C(C(=O)O)C1=O. The summed E-state index contributed by atoms with van der Waals surface area (Å²) >= 11 is 0. The highest BCUT2D eigenvalue weighted by Gasteiger charge is 2.43. The molecule has 0 saturated carbocycles. The number of imide groups is 1. The van der Waals surface area contributed by atoms with Gasteiger partial charge in [-0.2, -0.15) is 0 Å². The molecular formula is C13H13NO4. The Labute approximate surface area is 104 Å². The van der Waals surface area contributed by atoms with Crippen LogP contribution in [-0.2, 0) is 9.59 Å². The van der Waals surface area contributed by atoms with Crippen molar-refractivity contribution in [1.82, 2.24) is 4.90 Å². The van der Waals surface area contributed by atoms with Gasteiger partial charge in [-0.05, 0) is 25.5 Å². The maximum absolute atomic E-state index is 12.1. The highest BCUT2D eigenvalue weighted by molar-refractivity contribution is 6.17. The van der Waals surface area contributed by atoms with Crippen molar-refractivity contribution in [1.29, 1.82) is 0 Å². The van der Waals surface area contributed by atoms with Crippen LogP contribution in [0.2, 0.25) is 0 Å². The minimum atomic E-state index is -1.29. The fraction of sp³-hybridized carbons (Fsp3) is 0.308. The summed E-state index contributed by atoms with van der Waals surface area (Å²) in [4.78, 5) is 36.5. The monoisotopic (exact) mass is 247 g/mol. The van der Waals surface area contributed by atoms with Crippen LogP contribution in [0, 0.1) is 0 Å². The fourth-order valence-electron chi connectivity index (χ4n) is 2.17. The average Bonchev–Trinajstić information content (AvgIpc) is 2.28. The minimum Gasteiger partial charge on any atom is -0.480 e. The van der Waals surface area contributed by atoms with Crippen LogP contribution in [0.5, 0.6) is 0 Å². The summed E-state index contributed by atoms with van der Waals surface area (Å²) in [5.74, 6) is -3.61. The van der Waals surface area contributed by atoms with Gasteiger partial charge in [-0.3, -0.25) is 19.3 Å². The molecule has 1 N–H and O–H groups in total. The lowest BCUT2D eigenvalue weighted by molar-refractivity contribution is -0.146. The number of nitrogens with zero attached hydrogens (tertiary/aromatic N) is 1. The molecule has 2 rings (SSSR count). The average molecular weight is 247 g/mol. The van der Waals surface area contributed by atoms with Crippen LogP contribution < -0.4 is 0 Å². The van der Waals surface area contributed by atoms with E-state index in [-0.39, 0.29) is 11.6 Å². The Morgan fingerprint density at radius 3 is 2.44 bits per heavy atom. The summed E-state index contributed by atoms with van der Waals surface area (Å²) in [6.45, 7) is 3.37. The topological polar surface area (TPSA) is 74.7 Å². The zero-order valence-electron chi connectivity index (χ0n) is 10.1. The zero-order valence-corrected chi connectivity index (χ0v) is 10.1. The number of carbonyl (C=O) groups excluding carboxylic acids is 2. The molecule has 1 aromatic rings. The Bertz CT molecular complexity index is 536. The molecule has 0 spiro atoms. The highest BCUT2D eigenvalue weighted by atomic mass is 16.4. The number of amides is 2. The molecule has 1 atom stereocenters. The second-order valence-corrected chi connectivity index (χ2v) is 4.47. The van der Waals surface area contributed by atoms with E-state index in [2.05, 4.69) is 0 Å². The van der Waals surface area contributed by atoms with E-state index in [1.54, 1.807) is 32.0 Å². The van der Waals surface area contributed by atoms with Gasteiger partial charge in [-0.25, -0.2) is 0 Å². The molecular weight excluding hydrogens is 234 g/mol. The summed E-state index contributed by atoms with van der Waals surface area (Å²) < 4.78 is 0. The normalized spacial score (nSPS) is 19.1. The van der Waals surface area contributed by atoms with Gasteiger partial charge >= 0.3 is 5.97 Å². The van der Waals surface area contributed by atoms with Crippen LogP contribution >= 0.6 is 0 Å². The Hall–Kier alpha value is -2.17. The first-order chi connectivity index (χ1) is 8.45. The zero-order chi connectivity index (χ0) is 13.4. The van der Waals surface area contributed by atoms with Crippen molar-refractivity contribution in [2.45, 2.75) is 25.8 Å². The number of carbonyl (C=O) groups is 3. The lowest BCUT2D eigenvalue weighted by Gasteiger charge is -2.33. The van der Waals surface area contributed by atoms with Crippen LogP contribution in [0.15, 0.2) is 24.3 Å². The summed E-state index contributed by atoms with van der Waals surface area (Å²) in [6, 6.07) is 5.99. The standard InChI is InChI=1S/C13H13NO4/c1-7(2)14-11(15)9-6-4-3-5-8(9)10(12(14)16)13(17)18/h3-7,10H,1-2H3,(H,17,18). The minimum absolute atomic E-state index is 0.275. The van der Waals surface area contributed by atoms with E-state index >= 15 is 0 Å². The Morgan fingerprint density at radius 1 is 1.28 bits per heavy atom. The van der Waals surface area contributed by atoms with Crippen LogP contribution in [-0.4, -0.2) is 33.8 Å². The van der Waals surface area contributed by atoms with Crippen molar-refractivity contribution in [2.75, 3.05) is 0 Å². The predicted octanol–water partition coefficient (Wildman–Crippen LogP) is 1.25. The van der Waals surface area contributed by atoms with Gasteiger partial charge in [0.1, 0.15) is 0 Å². The van der Waals surface area contributed by atoms with Crippen LogP contribution in [0.1, 0.15) is 35.7 Å². The molecule has 94 valence electrons. The third kappa shape index (κ3) is 1.68. The van der Waals surface area contributed by atoms with Gasteiger partial charge in [-0.15, -0.1) is 0 Å². The van der Waals surface area contributed by atoms with E-state index in [4.69, 9.17) is 0 Å². The van der Waals surface area contributed by atoms with Crippen molar-refractivity contribution in [3.63, 3.8) is 0 Å². The summed E-state index contributed by atoms with van der Waals surface area (Å²) in [6.07, 6.45) is 0. The fourth-order valence-corrected chi connectivity index (χ4v) is 2.17.